The van der Waals surface area contributed by atoms with Gasteiger partial charge >= 0.3 is 6.09 Å². The molecule has 1 aromatic carbocycles. The van der Waals surface area contributed by atoms with Crippen LogP contribution in [0.3, 0.4) is 0 Å². The van der Waals surface area contributed by atoms with E-state index in [4.69, 9.17) is 14.7 Å². The second kappa shape index (κ2) is 10.9. The van der Waals surface area contributed by atoms with Gasteiger partial charge in [-0.25, -0.2) is 9.78 Å². The number of anilines is 4. The van der Waals surface area contributed by atoms with Crippen LogP contribution in [0.4, 0.5) is 27.9 Å². The van der Waals surface area contributed by atoms with Crippen LogP contribution in [-0.2, 0) is 4.74 Å². The van der Waals surface area contributed by atoms with Gasteiger partial charge in [0.25, 0.3) is 0 Å². The van der Waals surface area contributed by atoms with Crippen molar-refractivity contribution < 1.29 is 9.53 Å². The SMILES string of the molecule is CC(C)n1cnc2c(Nc3ccc(N4CCN(C)CC4)cc3)nc(N3CCC(NC(=O)OC(C)(C)C)C3)nc21. The molecular weight excluding hydrogens is 494 g/mol. The van der Waals surface area contributed by atoms with E-state index in [0.29, 0.717) is 18.3 Å². The molecule has 5 rings (SSSR count). The van der Waals surface area contributed by atoms with E-state index in [1.165, 1.54) is 5.69 Å². The minimum Gasteiger partial charge on any atom is -0.444 e. The average molecular weight is 536 g/mol. The quantitative estimate of drug-likeness (QED) is 0.485. The molecule has 0 radical (unpaired) electrons. The number of ether oxygens (including phenoxy) is 1. The van der Waals surface area contributed by atoms with E-state index < -0.39 is 11.7 Å². The molecule has 1 unspecified atom stereocenters. The number of nitrogens with zero attached hydrogens (tertiary/aromatic N) is 7. The number of hydrogen-bond donors (Lipinski definition) is 2. The first kappa shape index (κ1) is 27.0. The van der Waals surface area contributed by atoms with Crippen LogP contribution in [-0.4, -0.2) is 88.5 Å². The third-order valence-electron chi connectivity index (χ3n) is 7.16. The van der Waals surface area contributed by atoms with Crippen LogP contribution < -0.4 is 20.4 Å². The highest BCUT2D eigenvalue weighted by Gasteiger charge is 2.29. The second-order valence-corrected chi connectivity index (χ2v) is 11.8. The number of amides is 1. The van der Waals surface area contributed by atoms with Crippen LogP contribution >= 0.6 is 0 Å². The van der Waals surface area contributed by atoms with Crippen molar-refractivity contribution in [2.75, 3.05) is 61.4 Å². The fourth-order valence-electron chi connectivity index (χ4n) is 5.00. The summed E-state index contributed by atoms with van der Waals surface area (Å²) in [6, 6.07) is 8.68. The van der Waals surface area contributed by atoms with E-state index in [2.05, 4.69) is 80.0 Å². The molecular formula is C28H41N9O2. The Morgan fingerprint density at radius 2 is 1.74 bits per heavy atom. The van der Waals surface area contributed by atoms with Gasteiger partial charge in [0, 0.05) is 56.7 Å². The number of nitrogens with one attached hydrogen (secondary N) is 2. The lowest BCUT2D eigenvalue weighted by atomic mass is 10.2. The van der Waals surface area contributed by atoms with E-state index in [1.54, 1.807) is 0 Å². The van der Waals surface area contributed by atoms with E-state index in [0.717, 1.165) is 56.0 Å². The Kier molecular flexibility index (Phi) is 7.53. The van der Waals surface area contributed by atoms with Gasteiger partial charge in [-0.1, -0.05) is 0 Å². The molecule has 1 amide bonds. The van der Waals surface area contributed by atoms with Crippen molar-refractivity contribution in [2.45, 2.75) is 58.7 Å². The van der Waals surface area contributed by atoms with Crippen molar-refractivity contribution in [3.05, 3.63) is 30.6 Å². The summed E-state index contributed by atoms with van der Waals surface area (Å²) in [6.45, 7) is 15.4. The van der Waals surface area contributed by atoms with Crippen LogP contribution in [0.25, 0.3) is 11.2 Å². The number of hydrogen-bond acceptors (Lipinski definition) is 9. The Labute approximate surface area is 230 Å². The number of benzene rings is 1. The first-order valence-corrected chi connectivity index (χ1v) is 13.9. The smallest absolute Gasteiger partial charge is 0.407 e. The summed E-state index contributed by atoms with van der Waals surface area (Å²) >= 11 is 0. The third-order valence-corrected chi connectivity index (χ3v) is 7.16. The fourth-order valence-corrected chi connectivity index (χ4v) is 5.00. The Morgan fingerprint density at radius 3 is 2.41 bits per heavy atom. The van der Waals surface area contributed by atoms with E-state index >= 15 is 0 Å². The van der Waals surface area contributed by atoms with Crippen LogP contribution in [0.5, 0.6) is 0 Å². The molecule has 210 valence electrons. The molecule has 2 saturated heterocycles. The molecule has 39 heavy (non-hydrogen) atoms. The number of carbonyl (C=O) groups is 1. The number of rotatable bonds is 6. The number of alkyl carbamates (subject to hydrolysis) is 1. The predicted molar refractivity (Wildman–Crippen MR) is 155 cm³/mol. The maximum atomic E-state index is 12.3. The predicted octanol–water partition coefficient (Wildman–Crippen LogP) is 4.01. The van der Waals surface area contributed by atoms with Gasteiger partial charge < -0.3 is 34.6 Å². The Balaban J connectivity index is 1.36. The van der Waals surface area contributed by atoms with E-state index in [-0.39, 0.29) is 12.1 Å². The molecule has 2 aliphatic rings. The summed E-state index contributed by atoms with van der Waals surface area (Å²) < 4.78 is 7.50. The van der Waals surface area contributed by atoms with E-state index in [9.17, 15) is 4.79 Å². The molecule has 2 N–H and O–H groups in total. The van der Waals surface area contributed by atoms with E-state index in [1.807, 2.05) is 27.1 Å². The molecule has 4 heterocycles. The Hall–Kier alpha value is -3.60. The number of carbonyl (C=O) groups excluding carboxylic acids is 1. The molecule has 0 bridgehead atoms. The van der Waals surface area contributed by atoms with Crippen molar-refractivity contribution >= 4 is 40.4 Å². The summed E-state index contributed by atoms with van der Waals surface area (Å²) in [5.74, 6) is 1.29. The minimum atomic E-state index is -0.533. The second-order valence-electron chi connectivity index (χ2n) is 11.8. The van der Waals surface area contributed by atoms with Gasteiger partial charge in [0.15, 0.2) is 17.0 Å². The molecule has 0 saturated carbocycles. The minimum absolute atomic E-state index is 0.0346. The summed E-state index contributed by atoms with van der Waals surface area (Å²) in [6.07, 6.45) is 2.22. The fraction of sp³-hybridized carbons (Fsp3) is 0.571. The zero-order valence-corrected chi connectivity index (χ0v) is 23.9. The summed E-state index contributed by atoms with van der Waals surface area (Å²) in [4.78, 5) is 33.7. The third kappa shape index (κ3) is 6.35. The van der Waals surface area contributed by atoms with Crippen LogP contribution in [0.2, 0.25) is 0 Å². The molecule has 3 aromatic rings. The topological polar surface area (TPSA) is 104 Å². The van der Waals surface area contributed by atoms with Crippen molar-refractivity contribution in [3.63, 3.8) is 0 Å². The van der Waals surface area contributed by atoms with Crippen molar-refractivity contribution in [1.82, 2.24) is 29.7 Å². The molecule has 0 spiro atoms. The monoisotopic (exact) mass is 535 g/mol. The number of likely N-dealkylation sites (N-methyl/N-ethyl adjacent to an activating group) is 1. The van der Waals surface area contributed by atoms with Crippen molar-refractivity contribution in [1.29, 1.82) is 0 Å². The maximum Gasteiger partial charge on any atom is 0.407 e. The number of aromatic nitrogens is 4. The Morgan fingerprint density at radius 1 is 1.03 bits per heavy atom. The first-order chi connectivity index (χ1) is 18.6. The van der Waals surface area contributed by atoms with Crippen LogP contribution in [0, 0.1) is 0 Å². The van der Waals surface area contributed by atoms with Gasteiger partial charge in [0.1, 0.15) is 5.60 Å². The van der Waals surface area contributed by atoms with Crippen molar-refractivity contribution in [3.8, 4) is 0 Å². The zero-order chi connectivity index (χ0) is 27.7. The molecule has 1 atom stereocenters. The highest BCUT2D eigenvalue weighted by molar-refractivity contribution is 5.87. The van der Waals surface area contributed by atoms with Crippen LogP contribution in [0.15, 0.2) is 30.6 Å². The summed E-state index contributed by atoms with van der Waals surface area (Å²) in [7, 11) is 2.17. The molecule has 0 aliphatic carbocycles. The normalized spacial score (nSPS) is 18.7. The standard InChI is InChI=1S/C28H41N9O2/c1-19(2)37-18-29-23-24(30-20-7-9-22(10-8-20)35-15-13-34(6)14-16-35)32-26(33-25(23)37)36-12-11-21(17-36)31-27(38)39-28(3,4)5/h7-10,18-19,21H,11-17H2,1-6H3,(H,31,38)(H,30,32,33). The van der Waals surface area contributed by atoms with Gasteiger partial charge in [0.05, 0.1) is 12.4 Å². The van der Waals surface area contributed by atoms with Crippen molar-refractivity contribution in [2.24, 2.45) is 0 Å². The molecule has 2 aliphatic heterocycles. The lowest BCUT2D eigenvalue weighted by molar-refractivity contribution is 0.0509. The maximum absolute atomic E-state index is 12.3. The summed E-state index contributed by atoms with van der Waals surface area (Å²) in [5, 5.41) is 6.49. The number of piperazine rings is 1. The largest absolute Gasteiger partial charge is 0.444 e. The lowest BCUT2D eigenvalue weighted by Crippen LogP contribution is -2.44. The van der Waals surface area contributed by atoms with Gasteiger partial charge in [-0.05, 0) is 72.4 Å². The first-order valence-electron chi connectivity index (χ1n) is 13.9. The molecule has 2 aromatic heterocycles. The number of imidazole rings is 1. The zero-order valence-electron chi connectivity index (χ0n) is 23.9. The highest BCUT2D eigenvalue weighted by Crippen LogP contribution is 2.29. The molecule has 11 nitrogen and oxygen atoms in total. The van der Waals surface area contributed by atoms with Gasteiger partial charge in [-0.15, -0.1) is 0 Å². The van der Waals surface area contributed by atoms with Gasteiger partial charge in [0.2, 0.25) is 5.95 Å². The molecule has 2 fully saturated rings. The van der Waals surface area contributed by atoms with Crippen LogP contribution in [0.1, 0.15) is 47.1 Å². The van der Waals surface area contributed by atoms with Gasteiger partial charge in [-0.3, -0.25) is 0 Å². The number of fused-ring (bicyclic) bond motifs is 1. The average Bonchev–Trinajstić information content (AvgIpc) is 3.51. The Bertz CT molecular complexity index is 1290. The lowest BCUT2D eigenvalue weighted by Gasteiger charge is -2.34. The molecule has 11 heteroatoms. The summed E-state index contributed by atoms with van der Waals surface area (Å²) in [5.41, 5.74) is 3.17. The highest BCUT2D eigenvalue weighted by atomic mass is 16.6. The van der Waals surface area contributed by atoms with Gasteiger partial charge in [-0.2, -0.15) is 9.97 Å².